The van der Waals surface area contributed by atoms with Crippen LogP contribution in [0.3, 0.4) is 0 Å². The first kappa shape index (κ1) is 19.2. The first-order valence-corrected chi connectivity index (χ1v) is 9.49. The van der Waals surface area contributed by atoms with Crippen LogP contribution >= 0.6 is 11.8 Å². The van der Waals surface area contributed by atoms with Crippen LogP contribution in [0, 0.1) is 19.7 Å². The van der Waals surface area contributed by atoms with E-state index in [1.807, 2.05) is 26.0 Å². The lowest BCUT2D eigenvalue weighted by atomic mass is 10.0. The van der Waals surface area contributed by atoms with Crippen molar-refractivity contribution in [2.75, 3.05) is 5.75 Å². The molecule has 0 bridgehead atoms. The number of esters is 1. The van der Waals surface area contributed by atoms with Gasteiger partial charge in [-0.3, -0.25) is 4.79 Å². The molecule has 0 aliphatic rings. The van der Waals surface area contributed by atoms with Crippen molar-refractivity contribution >= 4 is 28.7 Å². The number of carbonyl (C=O) groups excluding carboxylic acids is 1. The molecule has 140 valence electrons. The molecular formula is C21H19FO4S. The third kappa shape index (κ3) is 4.98. The van der Waals surface area contributed by atoms with Crippen LogP contribution < -0.4 is 5.63 Å². The van der Waals surface area contributed by atoms with Gasteiger partial charge in [0.05, 0.1) is 6.42 Å². The number of benzene rings is 2. The first-order chi connectivity index (χ1) is 12.9. The fourth-order valence-electron chi connectivity index (χ4n) is 2.62. The normalized spacial score (nSPS) is 10.9. The van der Waals surface area contributed by atoms with Gasteiger partial charge in [0.15, 0.2) is 0 Å². The topological polar surface area (TPSA) is 56.5 Å². The van der Waals surface area contributed by atoms with Gasteiger partial charge in [-0.25, -0.2) is 9.18 Å². The summed E-state index contributed by atoms with van der Waals surface area (Å²) in [4.78, 5) is 24.7. The third-order valence-corrected chi connectivity index (χ3v) is 5.24. The van der Waals surface area contributed by atoms with Crippen LogP contribution in [0.4, 0.5) is 4.39 Å². The zero-order chi connectivity index (χ0) is 19.4. The van der Waals surface area contributed by atoms with Gasteiger partial charge >= 0.3 is 11.6 Å². The van der Waals surface area contributed by atoms with Gasteiger partial charge in [0, 0.05) is 27.7 Å². The lowest BCUT2D eigenvalue weighted by Crippen LogP contribution is -2.08. The Morgan fingerprint density at radius 2 is 1.81 bits per heavy atom. The zero-order valence-corrected chi connectivity index (χ0v) is 15.9. The molecule has 3 aromatic rings. The molecule has 0 radical (unpaired) electrons. The number of ether oxygens (including phenoxy) is 1. The average Bonchev–Trinajstić information content (AvgIpc) is 2.63. The SMILES string of the molecule is Cc1cc2oc(=O)cc(COC(=O)CCSc3ccc(F)cc3)c2cc1C. The minimum atomic E-state index is -0.469. The van der Waals surface area contributed by atoms with E-state index in [1.54, 1.807) is 12.1 Å². The van der Waals surface area contributed by atoms with E-state index in [4.69, 9.17) is 9.15 Å². The van der Waals surface area contributed by atoms with Crippen molar-refractivity contribution in [3.63, 3.8) is 0 Å². The number of thioether (sulfide) groups is 1. The van der Waals surface area contributed by atoms with Gasteiger partial charge in [0.25, 0.3) is 0 Å². The molecule has 4 nitrogen and oxygen atoms in total. The summed E-state index contributed by atoms with van der Waals surface area (Å²) in [5.41, 5.74) is 2.74. The molecule has 0 saturated heterocycles. The predicted molar refractivity (Wildman–Crippen MR) is 103 cm³/mol. The summed E-state index contributed by atoms with van der Waals surface area (Å²) >= 11 is 1.46. The number of halogens is 1. The molecule has 0 amide bonds. The number of fused-ring (bicyclic) bond motifs is 1. The van der Waals surface area contributed by atoms with Crippen LogP contribution in [0.5, 0.6) is 0 Å². The maximum absolute atomic E-state index is 12.9. The van der Waals surface area contributed by atoms with Crippen molar-refractivity contribution < 1.29 is 18.3 Å². The highest BCUT2D eigenvalue weighted by atomic mass is 32.2. The standard InChI is InChI=1S/C21H19FO4S/c1-13-9-18-15(11-21(24)26-19(18)10-14(13)2)12-25-20(23)7-8-27-17-5-3-16(22)4-6-17/h3-6,9-11H,7-8,12H2,1-2H3. The maximum Gasteiger partial charge on any atom is 0.336 e. The van der Waals surface area contributed by atoms with E-state index >= 15 is 0 Å². The summed E-state index contributed by atoms with van der Waals surface area (Å²) in [6.45, 7) is 3.94. The van der Waals surface area contributed by atoms with Gasteiger partial charge < -0.3 is 9.15 Å². The van der Waals surface area contributed by atoms with E-state index in [-0.39, 0.29) is 24.8 Å². The van der Waals surface area contributed by atoms with E-state index in [0.717, 1.165) is 21.4 Å². The van der Waals surface area contributed by atoms with Gasteiger partial charge in [-0.05, 0) is 61.4 Å². The minimum Gasteiger partial charge on any atom is -0.461 e. The lowest BCUT2D eigenvalue weighted by Gasteiger charge is -2.09. The number of hydrogen-bond acceptors (Lipinski definition) is 5. The Balaban J connectivity index is 1.60. The number of hydrogen-bond donors (Lipinski definition) is 0. The van der Waals surface area contributed by atoms with Gasteiger partial charge in [-0.1, -0.05) is 0 Å². The van der Waals surface area contributed by atoms with Crippen molar-refractivity contribution in [1.29, 1.82) is 0 Å². The van der Waals surface area contributed by atoms with E-state index in [9.17, 15) is 14.0 Å². The average molecular weight is 386 g/mol. The van der Waals surface area contributed by atoms with Gasteiger partial charge in [-0.15, -0.1) is 11.8 Å². The van der Waals surface area contributed by atoms with Crippen molar-refractivity contribution in [3.8, 4) is 0 Å². The van der Waals surface area contributed by atoms with Crippen LogP contribution in [-0.2, 0) is 16.1 Å². The second kappa shape index (κ2) is 8.39. The van der Waals surface area contributed by atoms with Crippen LogP contribution in [-0.4, -0.2) is 11.7 Å². The van der Waals surface area contributed by atoms with Crippen molar-refractivity contribution in [1.82, 2.24) is 0 Å². The summed E-state index contributed by atoms with van der Waals surface area (Å²) in [5, 5.41) is 0.770. The highest BCUT2D eigenvalue weighted by molar-refractivity contribution is 7.99. The van der Waals surface area contributed by atoms with E-state index in [2.05, 4.69) is 0 Å². The third-order valence-electron chi connectivity index (χ3n) is 4.22. The van der Waals surface area contributed by atoms with Crippen LogP contribution in [0.25, 0.3) is 11.0 Å². The molecule has 27 heavy (non-hydrogen) atoms. The van der Waals surface area contributed by atoms with Gasteiger partial charge in [0.1, 0.15) is 18.0 Å². The van der Waals surface area contributed by atoms with Crippen LogP contribution in [0.1, 0.15) is 23.1 Å². The van der Waals surface area contributed by atoms with Crippen LogP contribution in [0.15, 0.2) is 56.6 Å². The Morgan fingerprint density at radius 1 is 1.11 bits per heavy atom. The summed E-state index contributed by atoms with van der Waals surface area (Å²) in [6.07, 6.45) is 0.222. The lowest BCUT2D eigenvalue weighted by molar-refractivity contribution is -0.144. The highest BCUT2D eigenvalue weighted by Crippen LogP contribution is 2.23. The number of aryl methyl sites for hydroxylation is 2. The smallest absolute Gasteiger partial charge is 0.336 e. The van der Waals surface area contributed by atoms with Crippen LogP contribution in [0.2, 0.25) is 0 Å². The Morgan fingerprint density at radius 3 is 2.56 bits per heavy atom. The molecule has 0 aliphatic heterocycles. The Labute approximate surface area is 160 Å². The van der Waals surface area contributed by atoms with E-state index < -0.39 is 5.63 Å². The number of rotatable bonds is 6. The summed E-state index contributed by atoms with van der Waals surface area (Å²) in [6, 6.07) is 11.2. The Kier molecular flexibility index (Phi) is 5.96. The van der Waals surface area contributed by atoms with Gasteiger partial charge in [0.2, 0.25) is 0 Å². The molecule has 0 atom stereocenters. The predicted octanol–water partition coefficient (Wildman–Crippen LogP) is 4.77. The molecule has 1 aromatic heterocycles. The van der Waals surface area contributed by atoms with Gasteiger partial charge in [-0.2, -0.15) is 0 Å². The molecule has 1 heterocycles. The molecule has 6 heteroatoms. The zero-order valence-electron chi connectivity index (χ0n) is 15.1. The van der Waals surface area contributed by atoms with Crippen molar-refractivity contribution in [2.24, 2.45) is 0 Å². The summed E-state index contributed by atoms with van der Waals surface area (Å²) < 4.78 is 23.4. The molecule has 2 aromatic carbocycles. The molecule has 0 fully saturated rings. The quantitative estimate of drug-likeness (QED) is 0.347. The molecule has 0 spiro atoms. The molecule has 0 saturated carbocycles. The van der Waals surface area contributed by atoms with E-state index in [1.165, 1.54) is 30.0 Å². The summed E-state index contributed by atoms with van der Waals surface area (Å²) in [7, 11) is 0. The molecule has 3 rings (SSSR count). The summed E-state index contributed by atoms with van der Waals surface area (Å²) in [5.74, 6) is -0.112. The fraction of sp³-hybridized carbons (Fsp3) is 0.238. The monoisotopic (exact) mass is 386 g/mol. The first-order valence-electron chi connectivity index (χ1n) is 8.50. The molecule has 0 N–H and O–H groups in total. The van der Waals surface area contributed by atoms with E-state index in [0.29, 0.717) is 16.9 Å². The van der Waals surface area contributed by atoms with Crippen molar-refractivity contribution in [3.05, 3.63) is 75.4 Å². The number of carbonyl (C=O) groups is 1. The second-order valence-electron chi connectivity index (χ2n) is 6.24. The molecular weight excluding hydrogens is 367 g/mol. The second-order valence-corrected chi connectivity index (χ2v) is 7.40. The fourth-order valence-corrected chi connectivity index (χ4v) is 3.45. The minimum absolute atomic E-state index is 0.0185. The molecule has 0 aliphatic carbocycles. The van der Waals surface area contributed by atoms with Crippen molar-refractivity contribution in [2.45, 2.75) is 31.8 Å². The Hall–Kier alpha value is -2.60. The Bertz CT molecular complexity index is 1020. The molecule has 0 unspecified atom stereocenters. The highest BCUT2D eigenvalue weighted by Gasteiger charge is 2.10. The maximum atomic E-state index is 12.9. The largest absolute Gasteiger partial charge is 0.461 e.